The second-order valence-electron chi connectivity index (χ2n) is 5.33. The first kappa shape index (κ1) is 12.6. The van der Waals surface area contributed by atoms with Crippen LogP contribution >= 0.6 is 0 Å². The molecule has 1 aromatic carbocycles. The molecule has 0 saturated heterocycles. The molecule has 1 aliphatic carbocycles. The van der Waals surface area contributed by atoms with Gasteiger partial charge in [-0.15, -0.1) is 0 Å². The van der Waals surface area contributed by atoms with E-state index >= 15 is 0 Å². The third-order valence-electron chi connectivity index (χ3n) is 3.95. The van der Waals surface area contributed by atoms with Crippen LogP contribution < -0.4 is 11.1 Å². The van der Waals surface area contributed by atoms with Crippen molar-refractivity contribution in [2.75, 3.05) is 6.54 Å². The maximum atomic E-state index is 6.27. The van der Waals surface area contributed by atoms with E-state index in [1.54, 1.807) is 0 Å². The predicted octanol–water partition coefficient (Wildman–Crippen LogP) is 2.71. The molecule has 0 aliphatic heterocycles. The number of benzene rings is 1. The number of hydrogen-bond acceptors (Lipinski definition) is 2. The maximum Gasteiger partial charge on any atom is 0.0333 e. The van der Waals surface area contributed by atoms with Gasteiger partial charge in [-0.2, -0.15) is 0 Å². The zero-order valence-corrected chi connectivity index (χ0v) is 10.9. The molecule has 3 N–H and O–H groups in total. The Morgan fingerprint density at radius 3 is 2.65 bits per heavy atom. The van der Waals surface area contributed by atoms with Gasteiger partial charge < -0.3 is 11.1 Å². The lowest BCUT2D eigenvalue weighted by Gasteiger charge is -2.20. The van der Waals surface area contributed by atoms with Gasteiger partial charge in [0.25, 0.3) is 0 Å². The summed E-state index contributed by atoms with van der Waals surface area (Å²) in [6, 6.07) is 11.3. The van der Waals surface area contributed by atoms with Gasteiger partial charge in [0, 0.05) is 12.1 Å². The van der Waals surface area contributed by atoms with Crippen LogP contribution in [0.2, 0.25) is 0 Å². The van der Waals surface area contributed by atoms with Crippen molar-refractivity contribution in [3.05, 3.63) is 35.9 Å². The lowest BCUT2D eigenvalue weighted by molar-refractivity contribution is 0.427. The molecule has 0 heterocycles. The molecule has 0 spiro atoms. The average Bonchev–Trinajstić information content (AvgIpc) is 3.14. The smallest absolute Gasteiger partial charge is 0.0333 e. The molecular formula is C15H24N2. The molecule has 2 nitrogen and oxygen atoms in total. The zero-order chi connectivity index (χ0) is 12.3. The van der Waals surface area contributed by atoms with Crippen LogP contribution in [0.4, 0.5) is 0 Å². The summed E-state index contributed by atoms with van der Waals surface area (Å²) >= 11 is 0. The molecule has 4 atom stereocenters. The highest BCUT2D eigenvalue weighted by Gasteiger charge is 2.34. The molecule has 1 fully saturated rings. The van der Waals surface area contributed by atoms with Crippen molar-refractivity contribution in [2.24, 2.45) is 17.6 Å². The van der Waals surface area contributed by atoms with E-state index in [1.807, 2.05) is 6.07 Å². The first-order valence-corrected chi connectivity index (χ1v) is 6.76. The summed E-state index contributed by atoms with van der Waals surface area (Å²) in [5.74, 6) is 1.39. The van der Waals surface area contributed by atoms with Crippen molar-refractivity contribution >= 4 is 0 Å². The Kier molecular flexibility index (Phi) is 4.19. The Labute approximate surface area is 105 Å². The van der Waals surface area contributed by atoms with E-state index in [9.17, 15) is 0 Å². The molecule has 0 bridgehead atoms. The van der Waals surface area contributed by atoms with Crippen molar-refractivity contribution in [3.63, 3.8) is 0 Å². The molecule has 1 aromatic rings. The maximum absolute atomic E-state index is 6.27. The normalized spacial score (nSPS) is 26.5. The van der Waals surface area contributed by atoms with Crippen LogP contribution in [0, 0.1) is 11.8 Å². The Bertz CT molecular complexity index is 336. The van der Waals surface area contributed by atoms with Gasteiger partial charge in [-0.05, 0) is 30.4 Å². The SMILES string of the molecule is CCC1CC1NCC(C)C(N)c1ccccc1. The van der Waals surface area contributed by atoms with Gasteiger partial charge >= 0.3 is 0 Å². The summed E-state index contributed by atoms with van der Waals surface area (Å²) in [6.45, 7) is 5.52. The molecule has 0 amide bonds. The Morgan fingerprint density at radius 2 is 2.06 bits per heavy atom. The second-order valence-corrected chi connectivity index (χ2v) is 5.33. The molecule has 94 valence electrons. The van der Waals surface area contributed by atoms with Crippen molar-refractivity contribution < 1.29 is 0 Å². The fourth-order valence-corrected chi connectivity index (χ4v) is 2.42. The Balaban J connectivity index is 1.78. The summed E-state index contributed by atoms with van der Waals surface area (Å²) in [4.78, 5) is 0. The summed E-state index contributed by atoms with van der Waals surface area (Å²) < 4.78 is 0. The van der Waals surface area contributed by atoms with Gasteiger partial charge in [0.2, 0.25) is 0 Å². The highest BCUT2D eigenvalue weighted by molar-refractivity contribution is 5.19. The van der Waals surface area contributed by atoms with Gasteiger partial charge in [-0.3, -0.25) is 0 Å². The number of nitrogens with one attached hydrogen (secondary N) is 1. The van der Waals surface area contributed by atoms with Crippen molar-refractivity contribution in [3.8, 4) is 0 Å². The minimum atomic E-state index is 0.141. The number of rotatable bonds is 6. The molecule has 0 aromatic heterocycles. The van der Waals surface area contributed by atoms with Crippen molar-refractivity contribution in [1.29, 1.82) is 0 Å². The highest BCUT2D eigenvalue weighted by Crippen LogP contribution is 2.33. The van der Waals surface area contributed by atoms with E-state index in [1.165, 1.54) is 18.4 Å². The second kappa shape index (κ2) is 5.65. The van der Waals surface area contributed by atoms with Crippen molar-refractivity contribution in [1.82, 2.24) is 5.32 Å². The lowest BCUT2D eigenvalue weighted by Crippen LogP contribution is -2.31. The third kappa shape index (κ3) is 3.30. The van der Waals surface area contributed by atoms with Gasteiger partial charge in [-0.25, -0.2) is 0 Å². The average molecular weight is 232 g/mol. The Morgan fingerprint density at radius 1 is 1.35 bits per heavy atom. The van der Waals surface area contributed by atoms with E-state index < -0.39 is 0 Å². The molecule has 4 unspecified atom stereocenters. The molecule has 0 radical (unpaired) electrons. The molecule has 1 aliphatic rings. The van der Waals surface area contributed by atoms with Crippen LogP contribution in [-0.2, 0) is 0 Å². The third-order valence-corrected chi connectivity index (χ3v) is 3.95. The number of hydrogen-bond donors (Lipinski definition) is 2. The molecule has 2 heteroatoms. The van der Waals surface area contributed by atoms with Crippen LogP contribution in [0.5, 0.6) is 0 Å². The monoisotopic (exact) mass is 232 g/mol. The van der Waals surface area contributed by atoms with Crippen LogP contribution in [0.15, 0.2) is 30.3 Å². The van der Waals surface area contributed by atoms with Crippen LogP contribution in [0.25, 0.3) is 0 Å². The first-order chi connectivity index (χ1) is 8.22. The van der Waals surface area contributed by atoms with Gasteiger partial charge in [-0.1, -0.05) is 50.6 Å². The fourth-order valence-electron chi connectivity index (χ4n) is 2.42. The van der Waals surface area contributed by atoms with E-state index in [0.717, 1.165) is 18.5 Å². The van der Waals surface area contributed by atoms with Gasteiger partial charge in [0.05, 0.1) is 0 Å². The topological polar surface area (TPSA) is 38.0 Å². The highest BCUT2D eigenvalue weighted by atomic mass is 15.0. The van der Waals surface area contributed by atoms with Crippen LogP contribution in [0.1, 0.15) is 38.3 Å². The minimum Gasteiger partial charge on any atom is -0.324 e. The zero-order valence-electron chi connectivity index (χ0n) is 10.9. The van der Waals surface area contributed by atoms with E-state index in [4.69, 9.17) is 5.73 Å². The van der Waals surface area contributed by atoms with Gasteiger partial charge in [0.1, 0.15) is 0 Å². The summed E-state index contributed by atoms with van der Waals surface area (Å²) in [5, 5.41) is 3.63. The minimum absolute atomic E-state index is 0.141. The lowest BCUT2D eigenvalue weighted by atomic mass is 9.95. The fraction of sp³-hybridized carbons (Fsp3) is 0.600. The summed E-state index contributed by atoms with van der Waals surface area (Å²) in [6.07, 6.45) is 2.65. The molecular weight excluding hydrogens is 208 g/mol. The molecule has 17 heavy (non-hydrogen) atoms. The Hall–Kier alpha value is -0.860. The molecule has 2 rings (SSSR count). The summed E-state index contributed by atoms with van der Waals surface area (Å²) in [7, 11) is 0. The quantitative estimate of drug-likeness (QED) is 0.791. The van der Waals surface area contributed by atoms with E-state index in [2.05, 4.69) is 43.4 Å². The van der Waals surface area contributed by atoms with E-state index in [-0.39, 0.29) is 6.04 Å². The van der Waals surface area contributed by atoms with E-state index in [0.29, 0.717) is 5.92 Å². The molecule has 1 saturated carbocycles. The van der Waals surface area contributed by atoms with Gasteiger partial charge in [0.15, 0.2) is 0 Å². The largest absolute Gasteiger partial charge is 0.324 e. The predicted molar refractivity (Wildman–Crippen MR) is 72.7 cm³/mol. The number of nitrogens with two attached hydrogens (primary N) is 1. The van der Waals surface area contributed by atoms with Crippen LogP contribution in [0.3, 0.4) is 0 Å². The first-order valence-electron chi connectivity index (χ1n) is 6.76. The summed E-state index contributed by atoms with van der Waals surface area (Å²) in [5.41, 5.74) is 7.51. The van der Waals surface area contributed by atoms with Crippen LogP contribution in [-0.4, -0.2) is 12.6 Å². The van der Waals surface area contributed by atoms with Crippen molar-refractivity contribution in [2.45, 2.75) is 38.8 Å². The standard InChI is InChI=1S/C15H24N2/c1-3-12-9-14(12)17-10-11(2)15(16)13-7-5-4-6-8-13/h4-8,11-12,14-15,17H,3,9-10,16H2,1-2H3.